The van der Waals surface area contributed by atoms with Crippen LogP contribution in [-0.4, -0.2) is 29.5 Å². The van der Waals surface area contributed by atoms with Crippen LogP contribution in [0.4, 0.5) is 0 Å². The first-order chi connectivity index (χ1) is 15.4. The average Bonchev–Trinajstić information content (AvgIpc) is 3.28. The highest BCUT2D eigenvalue weighted by atomic mass is 31.2. The Kier molecular flexibility index (Phi) is 9.90. The SMILES string of the molecule is O=P([O-])(O)O.O=P([O-])(O)O.c1ccc2[nH+]c(CCCCCc3[nH]c4ccccc4[nH+]3)[nH]c2c1. The zero-order valence-electron chi connectivity index (χ0n) is 17.5. The van der Waals surface area contributed by atoms with E-state index in [4.69, 9.17) is 38.5 Å². The minimum atomic E-state index is -4.89. The molecular weight excluding hydrogens is 474 g/mol. The van der Waals surface area contributed by atoms with Crippen molar-refractivity contribution < 1.29 is 48.5 Å². The van der Waals surface area contributed by atoms with Crippen molar-refractivity contribution in [2.45, 2.75) is 32.1 Å². The molecule has 0 saturated carbocycles. The van der Waals surface area contributed by atoms with Crippen LogP contribution in [0.1, 0.15) is 30.9 Å². The molecule has 0 fully saturated rings. The molecule has 4 aromatic rings. The number of aromatic amines is 4. The summed E-state index contributed by atoms with van der Waals surface area (Å²) >= 11 is 0. The molecule has 2 aromatic heterocycles. The number of imidazole rings is 2. The van der Waals surface area contributed by atoms with Gasteiger partial charge in [-0.25, -0.2) is 19.9 Å². The van der Waals surface area contributed by atoms with Gasteiger partial charge in [0.25, 0.3) is 27.3 Å². The van der Waals surface area contributed by atoms with Gasteiger partial charge in [0.15, 0.2) is 22.1 Å². The molecule has 2 aromatic carbocycles. The van der Waals surface area contributed by atoms with Gasteiger partial charge in [-0.3, -0.25) is 9.13 Å². The van der Waals surface area contributed by atoms with Crippen molar-refractivity contribution in [2.24, 2.45) is 0 Å². The van der Waals surface area contributed by atoms with Crippen LogP contribution in [0.15, 0.2) is 48.5 Å². The third kappa shape index (κ3) is 11.9. The first-order valence-corrected chi connectivity index (χ1v) is 13.0. The normalized spacial score (nSPS) is 11.6. The molecule has 0 radical (unpaired) electrons. The standard InChI is InChI=1S/C19H20N4.2H3O4P/c1(2-12-18-20-14-8-4-5-9-15(14)21-18)3-13-19-22-16-10-6-7-11-17(16)23-19;2*1-5(2,3)4/h4-11H,1-3,12-13H2,(H,20,21)(H,22,23);2*(H3,1,2,3,4). The molecular formula is C19H26N4O8P2. The second-order valence-corrected chi connectivity index (χ2v) is 9.05. The lowest BCUT2D eigenvalue weighted by atomic mass is 10.1. The molecule has 0 aliphatic carbocycles. The molecule has 0 saturated heterocycles. The number of rotatable bonds is 6. The third-order valence-corrected chi connectivity index (χ3v) is 4.35. The van der Waals surface area contributed by atoms with Crippen molar-refractivity contribution in [3.63, 3.8) is 0 Å². The van der Waals surface area contributed by atoms with Gasteiger partial charge in [-0.1, -0.05) is 30.7 Å². The maximum atomic E-state index is 8.77. The number of H-pyrrole nitrogens is 4. The van der Waals surface area contributed by atoms with Crippen LogP contribution in [0.2, 0.25) is 0 Å². The van der Waals surface area contributed by atoms with Gasteiger partial charge in [-0.15, -0.1) is 0 Å². The van der Waals surface area contributed by atoms with Crippen LogP contribution in [0.5, 0.6) is 0 Å². The number of fused-ring (bicyclic) bond motifs is 2. The van der Waals surface area contributed by atoms with Crippen LogP contribution in [0.3, 0.4) is 0 Å². The Balaban J connectivity index is 0.000000327. The summed E-state index contributed by atoms with van der Waals surface area (Å²) in [6.45, 7) is 0. The summed E-state index contributed by atoms with van der Waals surface area (Å²) in [5.74, 6) is 2.45. The van der Waals surface area contributed by atoms with E-state index in [-0.39, 0.29) is 0 Å². The van der Waals surface area contributed by atoms with Gasteiger partial charge < -0.3 is 29.4 Å². The summed E-state index contributed by atoms with van der Waals surface area (Å²) in [6.07, 6.45) is 5.77. The van der Waals surface area contributed by atoms with E-state index in [0.29, 0.717) is 0 Å². The van der Waals surface area contributed by atoms with Crippen molar-refractivity contribution in [1.82, 2.24) is 9.97 Å². The minimum absolute atomic E-state index is 1.07. The Morgan fingerprint density at radius 2 is 1.00 bits per heavy atom. The van der Waals surface area contributed by atoms with E-state index >= 15 is 0 Å². The molecule has 4 rings (SSSR count). The molecule has 0 amide bonds. The monoisotopic (exact) mass is 500 g/mol. The molecule has 33 heavy (non-hydrogen) atoms. The fraction of sp³-hybridized carbons (Fsp3) is 0.263. The van der Waals surface area contributed by atoms with Crippen molar-refractivity contribution in [2.75, 3.05) is 0 Å². The summed E-state index contributed by atoms with van der Waals surface area (Å²) in [5.41, 5.74) is 4.76. The molecule has 0 atom stereocenters. The van der Waals surface area contributed by atoms with Crippen LogP contribution in [-0.2, 0) is 22.0 Å². The molecule has 0 aliphatic rings. The summed E-state index contributed by atoms with van der Waals surface area (Å²) in [6, 6.07) is 16.7. The van der Waals surface area contributed by atoms with Gasteiger partial charge in [-0.05, 0) is 37.1 Å². The number of phosphoric acid groups is 2. The predicted molar refractivity (Wildman–Crippen MR) is 115 cm³/mol. The van der Waals surface area contributed by atoms with Crippen LogP contribution < -0.4 is 19.8 Å². The Labute approximate surface area is 188 Å². The summed E-state index contributed by atoms with van der Waals surface area (Å²) in [5, 5.41) is 0. The first kappa shape index (κ1) is 26.8. The van der Waals surface area contributed by atoms with Crippen molar-refractivity contribution in [3.05, 3.63) is 60.2 Å². The highest BCUT2D eigenvalue weighted by molar-refractivity contribution is 7.43. The van der Waals surface area contributed by atoms with E-state index in [1.54, 1.807) is 0 Å². The Morgan fingerprint density at radius 1 is 0.667 bits per heavy atom. The van der Waals surface area contributed by atoms with Gasteiger partial charge in [0.2, 0.25) is 0 Å². The number of unbranched alkanes of at least 4 members (excludes halogenated alkanes) is 2. The summed E-state index contributed by atoms with van der Waals surface area (Å²) in [7, 11) is -9.78. The smallest absolute Gasteiger partial charge is 0.262 e. The Bertz CT molecular complexity index is 1070. The van der Waals surface area contributed by atoms with E-state index in [1.165, 1.54) is 53.0 Å². The molecule has 180 valence electrons. The second-order valence-electron chi connectivity index (χ2n) is 7.09. The number of aryl methyl sites for hydroxylation is 2. The highest BCUT2D eigenvalue weighted by Gasteiger charge is 2.10. The van der Waals surface area contributed by atoms with E-state index < -0.39 is 15.6 Å². The van der Waals surface area contributed by atoms with Gasteiger partial charge in [-0.2, -0.15) is 0 Å². The van der Waals surface area contributed by atoms with Gasteiger partial charge in [0.05, 0.1) is 0 Å². The fourth-order valence-corrected chi connectivity index (χ4v) is 3.15. The molecule has 14 heteroatoms. The minimum Gasteiger partial charge on any atom is -0.756 e. The highest BCUT2D eigenvalue weighted by Crippen LogP contribution is 2.19. The molecule has 12 nitrogen and oxygen atoms in total. The topological polar surface area (TPSA) is 221 Å². The zero-order chi connectivity index (χ0) is 24.5. The Hall–Kier alpha value is -2.40. The number of hydrogen-bond donors (Lipinski definition) is 6. The predicted octanol–water partition coefficient (Wildman–Crippen LogP) is 0.112. The third-order valence-electron chi connectivity index (χ3n) is 4.35. The lowest BCUT2D eigenvalue weighted by Gasteiger charge is -2.01. The number of hydrogen-bond acceptors (Lipinski definition) is 4. The molecule has 0 bridgehead atoms. The summed E-state index contributed by atoms with van der Waals surface area (Å²) < 4.78 is 17.5. The van der Waals surface area contributed by atoms with Gasteiger partial charge >= 0.3 is 0 Å². The maximum absolute atomic E-state index is 8.77. The number of nitrogens with one attached hydrogen (secondary N) is 4. The number of para-hydroxylation sites is 4. The Morgan fingerprint density at radius 3 is 1.33 bits per heavy atom. The lowest BCUT2D eigenvalue weighted by Crippen LogP contribution is -2.08. The van der Waals surface area contributed by atoms with Crippen molar-refractivity contribution in [1.29, 1.82) is 0 Å². The van der Waals surface area contributed by atoms with E-state index in [9.17, 15) is 0 Å². The van der Waals surface area contributed by atoms with Crippen LogP contribution in [0.25, 0.3) is 22.1 Å². The fourth-order valence-electron chi connectivity index (χ4n) is 3.15. The molecule has 0 aliphatic heterocycles. The lowest BCUT2D eigenvalue weighted by molar-refractivity contribution is -0.358. The van der Waals surface area contributed by atoms with E-state index in [1.807, 2.05) is 0 Å². The van der Waals surface area contributed by atoms with E-state index in [2.05, 4.69) is 68.5 Å². The number of benzene rings is 2. The molecule has 0 spiro atoms. The van der Waals surface area contributed by atoms with E-state index in [0.717, 1.165) is 12.8 Å². The second kappa shape index (κ2) is 12.2. The molecule has 0 unspecified atom stereocenters. The maximum Gasteiger partial charge on any atom is 0.262 e. The number of aromatic nitrogens is 4. The quantitative estimate of drug-likeness (QED) is 0.157. The van der Waals surface area contributed by atoms with Crippen LogP contribution >= 0.6 is 15.6 Å². The first-order valence-electron chi connectivity index (χ1n) is 9.89. The van der Waals surface area contributed by atoms with Crippen molar-refractivity contribution >= 4 is 37.7 Å². The largest absolute Gasteiger partial charge is 0.756 e. The van der Waals surface area contributed by atoms with Gasteiger partial charge in [0.1, 0.15) is 0 Å². The van der Waals surface area contributed by atoms with Crippen molar-refractivity contribution in [3.8, 4) is 0 Å². The van der Waals surface area contributed by atoms with Gasteiger partial charge in [0, 0.05) is 12.8 Å². The molecule has 2 heterocycles. The summed E-state index contributed by atoms with van der Waals surface area (Å²) in [4.78, 5) is 59.7. The van der Waals surface area contributed by atoms with Crippen LogP contribution in [0, 0.1) is 0 Å². The molecule has 8 N–H and O–H groups in total. The zero-order valence-corrected chi connectivity index (χ0v) is 19.3. The average molecular weight is 500 g/mol.